The minimum Gasteiger partial charge on any atom is -0.308 e. The Hall–Kier alpha value is -4.33. The van der Waals surface area contributed by atoms with Gasteiger partial charge in [-0.25, -0.2) is 4.98 Å². The first-order valence-corrected chi connectivity index (χ1v) is 11.9. The Bertz CT molecular complexity index is 1520. The summed E-state index contributed by atoms with van der Waals surface area (Å²) in [4.78, 5) is 8.98. The molecule has 0 N–H and O–H groups in total. The predicted molar refractivity (Wildman–Crippen MR) is 139 cm³/mol. The zero-order valence-electron chi connectivity index (χ0n) is 18.2. The lowest BCUT2D eigenvalue weighted by Crippen LogP contribution is -2.15. The molecule has 0 aliphatic carbocycles. The Morgan fingerprint density at radius 3 is 1.85 bits per heavy atom. The number of rotatable bonds is 3. The zero-order valence-corrected chi connectivity index (χ0v) is 19.0. The van der Waals surface area contributed by atoms with E-state index in [0.717, 1.165) is 27.9 Å². The molecule has 160 valence electrons. The molecule has 0 bridgehead atoms. The van der Waals surface area contributed by atoms with Crippen LogP contribution in [0, 0.1) is 11.3 Å². The van der Waals surface area contributed by atoms with Crippen molar-refractivity contribution in [3.63, 3.8) is 0 Å². The molecule has 1 aliphatic heterocycles. The van der Waals surface area contributed by atoms with E-state index in [0.29, 0.717) is 5.69 Å². The van der Waals surface area contributed by atoms with E-state index in [-0.39, 0.29) is 0 Å². The van der Waals surface area contributed by atoms with Crippen molar-refractivity contribution >= 4 is 28.8 Å². The van der Waals surface area contributed by atoms with Crippen LogP contribution >= 0.6 is 11.8 Å². The third-order valence-electron chi connectivity index (χ3n) is 5.98. The Kier molecular flexibility index (Phi) is 5.10. The second-order valence-electron chi connectivity index (χ2n) is 7.98. The second kappa shape index (κ2) is 8.55. The second-order valence-corrected chi connectivity index (χ2v) is 9.06. The summed E-state index contributed by atoms with van der Waals surface area (Å²) in [6, 6.07) is 40.0. The highest BCUT2D eigenvalue weighted by Crippen LogP contribution is 2.53. The van der Waals surface area contributed by atoms with Gasteiger partial charge in [0.2, 0.25) is 0 Å². The number of aromatic nitrogens is 1. The Labute approximate surface area is 203 Å². The van der Waals surface area contributed by atoms with E-state index < -0.39 is 0 Å². The quantitative estimate of drug-likeness (QED) is 0.271. The molecule has 6 rings (SSSR count). The van der Waals surface area contributed by atoms with Gasteiger partial charge >= 0.3 is 0 Å². The van der Waals surface area contributed by atoms with Crippen LogP contribution in [-0.2, 0) is 0 Å². The first-order valence-electron chi connectivity index (χ1n) is 11.0. The van der Waals surface area contributed by atoms with Crippen molar-refractivity contribution in [2.24, 2.45) is 0 Å². The lowest BCUT2D eigenvalue weighted by Gasteiger charge is -2.34. The van der Waals surface area contributed by atoms with Gasteiger partial charge in [0, 0.05) is 21.6 Å². The van der Waals surface area contributed by atoms with E-state index in [1.165, 1.54) is 21.2 Å². The minimum atomic E-state index is 0.413. The standard InChI is InChI=1S/C30H19N3S/c31-20-22-19-21(17-18-32-22)23-9-1-2-10-24(23)25-11-3-4-12-26(25)33-27-13-5-7-15-29(27)34-30-16-8-6-14-28(30)33/h1-19H. The normalized spacial score (nSPS) is 11.9. The molecule has 4 heteroatoms. The smallest absolute Gasteiger partial charge is 0.141 e. The molecule has 0 saturated heterocycles. The van der Waals surface area contributed by atoms with Crippen LogP contribution in [0.4, 0.5) is 17.1 Å². The van der Waals surface area contributed by atoms with Crippen LogP contribution in [0.5, 0.6) is 0 Å². The van der Waals surface area contributed by atoms with E-state index in [1.807, 2.05) is 30.0 Å². The molecule has 0 spiro atoms. The maximum absolute atomic E-state index is 9.37. The predicted octanol–water partition coefficient (Wildman–Crippen LogP) is 8.22. The summed E-state index contributed by atoms with van der Waals surface area (Å²) in [5, 5.41) is 9.37. The van der Waals surface area contributed by atoms with E-state index in [4.69, 9.17) is 0 Å². The summed E-state index contributed by atoms with van der Waals surface area (Å²) in [6.07, 6.45) is 1.70. The third kappa shape index (κ3) is 3.44. The van der Waals surface area contributed by atoms with Crippen molar-refractivity contribution in [1.29, 1.82) is 5.26 Å². The van der Waals surface area contributed by atoms with Gasteiger partial charge in [-0.3, -0.25) is 0 Å². The number of para-hydroxylation sites is 3. The molecule has 3 nitrogen and oxygen atoms in total. The van der Waals surface area contributed by atoms with Crippen LogP contribution in [0.15, 0.2) is 125 Å². The average molecular weight is 454 g/mol. The number of pyridine rings is 1. The third-order valence-corrected chi connectivity index (χ3v) is 7.11. The van der Waals surface area contributed by atoms with Gasteiger partial charge in [-0.15, -0.1) is 0 Å². The number of nitrogens with zero attached hydrogens (tertiary/aromatic N) is 3. The molecular formula is C30H19N3S. The molecule has 0 atom stereocenters. The largest absolute Gasteiger partial charge is 0.308 e. The monoisotopic (exact) mass is 453 g/mol. The van der Waals surface area contributed by atoms with Crippen LogP contribution in [0.1, 0.15) is 5.69 Å². The van der Waals surface area contributed by atoms with Gasteiger partial charge in [0.1, 0.15) is 11.8 Å². The van der Waals surface area contributed by atoms with E-state index in [1.54, 1.807) is 6.20 Å². The number of benzene rings is 4. The van der Waals surface area contributed by atoms with Crippen molar-refractivity contribution in [2.45, 2.75) is 9.79 Å². The highest BCUT2D eigenvalue weighted by Gasteiger charge is 2.26. The maximum Gasteiger partial charge on any atom is 0.141 e. The van der Waals surface area contributed by atoms with Gasteiger partial charge in [-0.1, -0.05) is 78.5 Å². The molecule has 5 aromatic rings. The molecule has 1 aromatic heterocycles. The van der Waals surface area contributed by atoms with Crippen LogP contribution in [0.2, 0.25) is 0 Å². The molecule has 2 heterocycles. The molecule has 0 unspecified atom stereocenters. The van der Waals surface area contributed by atoms with E-state index >= 15 is 0 Å². The lowest BCUT2D eigenvalue weighted by molar-refractivity contribution is 1.17. The fourth-order valence-corrected chi connectivity index (χ4v) is 5.55. The molecule has 1 aliphatic rings. The van der Waals surface area contributed by atoms with Crippen molar-refractivity contribution < 1.29 is 0 Å². The Morgan fingerprint density at radius 2 is 1.18 bits per heavy atom. The number of anilines is 3. The zero-order chi connectivity index (χ0) is 22.9. The molecule has 0 radical (unpaired) electrons. The van der Waals surface area contributed by atoms with Gasteiger partial charge in [0.15, 0.2) is 0 Å². The highest BCUT2D eigenvalue weighted by atomic mass is 32.2. The van der Waals surface area contributed by atoms with Gasteiger partial charge < -0.3 is 4.90 Å². The Morgan fingerprint density at radius 1 is 0.618 bits per heavy atom. The summed E-state index contributed by atoms with van der Waals surface area (Å²) >= 11 is 1.81. The lowest BCUT2D eigenvalue weighted by atomic mass is 9.93. The van der Waals surface area contributed by atoms with Gasteiger partial charge in [0.25, 0.3) is 0 Å². The minimum absolute atomic E-state index is 0.413. The number of nitriles is 1. The van der Waals surface area contributed by atoms with Crippen LogP contribution in [-0.4, -0.2) is 4.98 Å². The topological polar surface area (TPSA) is 39.9 Å². The van der Waals surface area contributed by atoms with Gasteiger partial charge in [-0.2, -0.15) is 5.26 Å². The van der Waals surface area contributed by atoms with Gasteiger partial charge in [0.05, 0.1) is 17.1 Å². The van der Waals surface area contributed by atoms with E-state index in [9.17, 15) is 5.26 Å². The Balaban J connectivity index is 1.59. The maximum atomic E-state index is 9.37. The molecule has 0 fully saturated rings. The van der Waals surface area contributed by atoms with Crippen molar-refractivity contribution in [2.75, 3.05) is 4.90 Å². The fourth-order valence-electron chi connectivity index (χ4n) is 4.49. The van der Waals surface area contributed by atoms with Crippen LogP contribution < -0.4 is 4.90 Å². The highest BCUT2D eigenvalue weighted by molar-refractivity contribution is 7.99. The molecule has 0 saturated carbocycles. The average Bonchev–Trinajstić information content (AvgIpc) is 2.92. The summed E-state index contributed by atoms with van der Waals surface area (Å²) in [5.74, 6) is 0. The molecular weight excluding hydrogens is 434 g/mol. The molecule has 0 amide bonds. The first-order chi connectivity index (χ1) is 16.8. The van der Waals surface area contributed by atoms with Crippen molar-refractivity contribution in [3.8, 4) is 28.3 Å². The number of hydrogen-bond acceptors (Lipinski definition) is 4. The number of fused-ring (bicyclic) bond motifs is 2. The van der Waals surface area contributed by atoms with Crippen LogP contribution in [0.3, 0.4) is 0 Å². The SMILES string of the molecule is N#Cc1cc(-c2ccccc2-c2ccccc2N2c3ccccc3Sc3ccccc32)ccn1. The summed E-state index contributed by atoms with van der Waals surface area (Å²) in [7, 11) is 0. The first kappa shape index (κ1) is 20.3. The summed E-state index contributed by atoms with van der Waals surface area (Å²) < 4.78 is 0. The summed E-state index contributed by atoms with van der Waals surface area (Å²) in [5.41, 5.74) is 8.17. The van der Waals surface area contributed by atoms with Crippen molar-refractivity contribution in [1.82, 2.24) is 4.98 Å². The van der Waals surface area contributed by atoms with Gasteiger partial charge in [-0.05, 0) is 59.2 Å². The van der Waals surface area contributed by atoms with E-state index in [2.05, 4.69) is 107 Å². The number of hydrogen-bond donors (Lipinski definition) is 0. The molecule has 4 aromatic carbocycles. The summed E-state index contributed by atoms with van der Waals surface area (Å²) in [6.45, 7) is 0. The van der Waals surface area contributed by atoms with Crippen LogP contribution in [0.25, 0.3) is 22.3 Å². The van der Waals surface area contributed by atoms with Crippen molar-refractivity contribution in [3.05, 3.63) is 121 Å². The molecule has 34 heavy (non-hydrogen) atoms. The fraction of sp³-hybridized carbons (Fsp3) is 0.